The molecule has 2 aromatic carbocycles. The van der Waals surface area contributed by atoms with E-state index in [9.17, 15) is 44.4 Å². The maximum Gasteiger partial charge on any atom is 0.316 e. The number of aliphatic hydroxyl groups is 1. The SMILES string of the molecule is CC[C@@]1(O)C[C@H](OC2CCC(OC3CC(OC(C)=O)C(OC(C)=O)C(C)O3)C(C)O2)c2c(O)c3c(c(O)c2[C@H]1C(=O)OC)C(=O)c1cccc(O)c1C3=O. The lowest BCUT2D eigenvalue weighted by atomic mass is 9.66. The molecule has 0 bridgehead atoms. The summed E-state index contributed by atoms with van der Waals surface area (Å²) >= 11 is 0. The Bertz CT molecular complexity index is 1870. The van der Waals surface area contributed by atoms with E-state index >= 15 is 0 Å². The van der Waals surface area contributed by atoms with Crippen molar-refractivity contribution in [2.75, 3.05) is 7.11 Å². The molecule has 16 nitrogen and oxygen atoms in total. The number of carbonyl (C=O) groups excluding carboxylic acids is 5. The molecule has 2 aliphatic heterocycles. The summed E-state index contributed by atoms with van der Waals surface area (Å²) in [4.78, 5) is 64.4. The smallest absolute Gasteiger partial charge is 0.316 e. The molecule has 0 saturated carbocycles. The average Bonchev–Trinajstić information content (AvgIpc) is 3.10. The maximum atomic E-state index is 13.8. The number of aromatic hydroxyl groups is 3. The van der Waals surface area contributed by atoms with Crippen LogP contribution in [0.2, 0.25) is 0 Å². The van der Waals surface area contributed by atoms with Crippen molar-refractivity contribution in [1.82, 2.24) is 0 Å². The highest BCUT2D eigenvalue weighted by atomic mass is 16.7. The van der Waals surface area contributed by atoms with Crippen molar-refractivity contribution in [3.8, 4) is 17.2 Å². The minimum absolute atomic E-state index is 0.0444. The number of carbonyl (C=O) groups is 5. The summed E-state index contributed by atoms with van der Waals surface area (Å²) in [5.41, 5.74) is -4.19. The standard InChI is InChI=1S/C38H44O16/c1-7-38(47)14-23(54-24-12-11-21(15(2)49-24)53-25-13-22(51-17(4)39)36(16(3)50-25)52-18(5)40)27-28(31(38)37(46)48-6)35(45)29-30(34(27)44)33(43)26-19(32(29)42)9-8-10-20(26)41/h8-10,15-16,21-25,31,36,41,44-45,47H,7,11-14H2,1-6H3/t15?,16?,21?,22?,23-,24?,25?,31-,36?,38+/m0/s1. The van der Waals surface area contributed by atoms with Crippen molar-refractivity contribution in [3.63, 3.8) is 0 Å². The molecule has 2 fully saturated rings. The zero-order chi connectivity index (χ0) is 39.4. The van der Waals surface area contributed by atoms with Gasteiger partial charge in [0.15, 0.2) is 24.5 Å². The highest BCUT2D eigenvalue weighted by molar-refractivity contribution is 6.31. The third kappa shape index (κ3) is 6.81. The third-order valence-electron chi connectivity index (χ3n) is 10.7. The highest BCUT2D eigenvalue weighted by Gasteiger charge is 2.55. The van der Waals surface area contributed by atoms with E-state index in [0.717, 1.165) is 7.11 Å². The van der Waals surface area contributed by atoms with Gasteiger partial charge in [0.05, 0.1) is 53.8 Å². The lowest BCUT2D eigenvalue weighted by Crippen LogP contribution is -2.53. The van der Waals surface area contributed by atoms with Crippen LogP contribution in [-0.2, 0) is 47.5 Å². The van der Waals surface area contributed by atoms with Crippen LogP contribution in [0.25, 0.3) is 0 Å². The van der Waals surface area contributed by atoms with Crippen LogP contribution in [0.4, 0.5) is 0 Å². The third-order valence-corrected chi connectivity index (χ3v) is 10.7. The van der Waals surface area contributed by atoms with E-state index in [1.165, 1.54) is 32.0 Å². The van der Waals surface area contributed by atoms with Crippen LogP contribution in [0.1, 0.15) is 122 Å². The topological polar surface area (TPSA) is 231 Å². The molecule has 4 aliphatic rings. The second-order valence-electron chi connectivity index (χ2n) is 14.1. The van der Waals surface area contributed by atoms with Crippen LogP contribution in [0.5, 0.6) is 17.2 Å². The van der Waals surface area contributed by atoms with E-state index in [2.05, 4.69) is 0 Å². The molecule has 10 atom stereocenters. The second kappa shape index (κ2) is 14.9. The molecule has 0 spiro atoms. The fourth-order valence-corrected chi connectivity index (χ4v) is 8.14. The molecule has 2 heterocycles. The lowest BCUT2D eigenvalue weighted by Gasteiger charge is -2.45. The molecular weight excluding hydrogens is 712 g/mol. The Hall–Kier alpha value is -4.61. The van der Waals surface area contributed by atoms with Crippen LogP contribution >= 0.6 is 0 Å². The fraction of sp³-hybridized carbons (Fsp3) is 0.553. The zero-order valence-corrected chi connectivity index (χ0v) is 30.7. The monoisotopic (exact) mass is 756 g/mol. The van der Waals surface area contributed by atoms with Crippen LogP contribution in [-0.4, -0.2) is 106 Å². The van der Waals surface area contributed by atoms with Crippen LogP contribution in [0.15, 0.2) is 18.2 Å². The molecule has 54 heavy (non-hydrogen) atoms. The molecule has 2 aromatic rings. The summed E-state index contributed by atoms with van der Waals surface area (Å²) in [7, 11) is 1.09. The van der Waals surface area contributed by atoms with E-state index in [1.54, 1.807) is 20.8 Å². The number of benzene rings is 2. The molecule has 2 aliphatic carbocycles. The zero-order valence-electron chi connectivity index (χ0n) is 30.7. The van der Waals surface area contributed by atoms with Gasteiger partial charge in [-0.25, -0.2) is 0 Å². The van der Waals surface area contributed by atoms with E-state index < -0.39 is 119 Å². The minimum Gasteiger partial charge on any atom is -0.507 e. The second-order valence-corrected chi connectivity index (χ2v) is 14.1. The van der Waals surface area contributed by atoms with Gasteiger partial charge in [-0.2, -0.15) is 0 Å². The molecule has 292 valence electrons. The van der Waals surface area contributed by atoms with Gasteiger partial charge in [0.2, 0.25) is 5.78 Å². The maximum absolute atomic E-state index is 13.8. The van der Waals surface area contributed by atoms with Gasteiger partial charge in [0.25, 0.3) is 0 Å². The van der Waals surface area contributed by atoms with Gasteiger partial charge >= 0.3 is 17.9 Å². The molecule has 2 saturated heterocycles. The molecule has 6 rings (SSSR count). The van der Waals surface area contributed by atoms with E-state index in [-0.39, 0.29) is 47.9 Å². The summed E-state index contributed by atoms with van der Waals surface area (Å²) in [5.74, 6) is -7.56. The number of hydrogen-bond donors (Lipinski definition) is 4. The van der Waals surface area contributed by atoms with Crippen LogP contribution in [0, 0.1) is 0 Å². The number of phenols is 3. The van der Waals surface area contributed by atoms with Crippen molar-refractivity contribution in [2.24, 2.45) is 0 Å². The van der Waals surface area contributed by atoms with Crippen molar-refractivity contribution >= 4 is 29.5 Å². The predicted molar refractivity (Wildman–Crippen MR) is 182 cm³/mol. The first-order chi connectivity index (χ1) is 25.5. The largest absolute Gasteiger partial charge is 0.507 e. The molecule has 0 radical (unpaired) electrons. The first-order valence-electron chi connectivity index (χ1n) is 17.8. The fourth-order valence-electron chi connectivity index (χ4n) is 8.14. The van der Waals surface area contributed by atoms with E-state index in [1.807, 2.05) is 0 Å². The average molecular weight is 757 g/mol. The van der Waals surface area contributed by atoms with Crippen LogP contribution in [0.3, 0.4) is 0 Å². The van der Waals surface area contributed by atoms with Crippen molar-refractivity contribution in [2.45, 2.75) is 127 Å². The van der Waals surface area contributed by atoms with Gasteiger partial charge in [-0.3, -0.25) is 24.0 Å². The number of rotatable bonds is 8. The Morgan fingerprint density at radius 3 is 2.11 bits per heavy atom. The minimum atomic E-state index is -1.91. The Morgan fingerprint density at radius 2 is 1.48 bits per heavy atom. The molecule has 0 aromatic heterocycles. The highest BCUT2D eigenvalue weighted by Crippen LogP contribution is 2.57. The number of esters is 3. The number of methoxy groups -OCH3 is 1. The summed E-state index contributed by atoms with van der Waals surface area (Å²) in [6.45, 7) is 7.50. The Labute approximate surface area is 310 Å². The lowest BCUT2D eigenvalue weighted by molar-refractivity contribution is -0.301. The molecule has 4 N–H and O–H groups in total. The number of hydrogen-bond acceptors (Lipinski definition) is 16. The van der Waals surface area contributed by atoms with E-state index in [4.69, 9.17) is 33.2 Å². The molecule has 0 amide bonds. The Balaban J connectivity index is 1.29. The van der Waals surface area contributed by atoms with Gasteiger partial charge in [0.1, 0.15) is 29.3 Å². The Kier molecular flexibility index (Phi) is 10.8. The quantitative estimate of drug-likeness (QED) is 0.147. The summed E-state index contributed by atoms with van der Waals surface area (Å²) in [6.07, 6.45) is -6.29. The summed E-state index contributed by atoms with van der Waals surface area (Å²) in [5, 5.41) is 46.1. The molecule has 16 heteroatoms. The van der Waals surface area contributed by atoms with Gasteiger partial charge in [-0.15, -0.1) is 0 Å². The normalized spacial score (nSPS) is 31.8. The van der Waals surface area contributed by atoms with Gasteiger partial charge in [-0.1, -0.05) is 19.1 Å². The molecular formula is C38H44O16. The van der Waals surface area contributed by atoms with E-state index in [0.29, 0.717) is 6.42 Å². The number of ketones is 2. The Morgan fingerprint density at radius 1 is 0.833 bits per heavy atom. The van der Waals surface area contributed by atoms with Gasteiger partial charge in [-0.05, 0) is 32.8 Å². The molecule has 7 unspecified atom stereocenters. The predicted octanol–water partition coefficient (Wildman–Crippen LogP) is 3.35. The number of ether oxygens (including phenoxy) is 7. The van der Waals surface area contributed by atoms with Crippen LogP contribution < -0.4 is 0 Å². The van der Waals surface area contributed by atoms with Crippen molar-refractivity contribution in [3.05, 3.63) is 51.6 Å². The summed E-state index contributed by atoms with van der Waals surface area (Å²) < 4.78 is 40.6. The number of phenolic OH excluding ortho intramolecular Hbond substituents is 3. The van der Waals surface area contributed by atoms with Gasteiger partial charge in [0, 0.05) is 49.8 Å². The summed E-state index contributed by atoms with van der Waals surface area (Å²) in [6, 6.07) is 3.85. The first-order valence-corrected chi connectivity index (χ1v) is 17.8. The van der Waals surface area contributed by atoms with Gasteiger partial charge < -0.3 is 53.6 Å². The first kappa shape index (κ1) is 39.1. The van der Waals surface area contributed by atoms with Crippen molar-refractivity contribution < 1.29 is 77.6 Å². The number of fused-ring (bicyclic) bond motifs is 3. The van der Waals surface area contributed by atoms with Crippen molar-refractivity contribution in [1.29, 1.82) is 0 Å².